The summed E-state index contributed by atoms with van der Waals surface area (Å²) in [5.41, 5.74) is 2.80. The van der Waals surface area contributed by atoms with E-state index < -0.39 is 0 Å². The van der Waals surface area contributed by atoms with E-state index in [0.29, 0.717) is 11.8 Å². The molecule has 3 rings (SSSR count). The second kappa shape index (κ2) is 4.71. The Kier molecular flexibility index (Phi) is 3.03. The van der Waals surface area contributed by atoms with E-state index in [-0.39, 0.29) is 11.4 Å². The molecule has 0 saturated carbocycles. The molecule has 0 unspecified atom stereocenters. The molecule has 0 aliphatic carbocycles. The van der Waals surface area contributed by atoms with Gasteiger partial charge in [0.1, 0.15) is 0 Å². The Bertz CT molecular complexity index is 789. The Morgan fingerprint density at radius 1 is 1.11 bits per heavy atom. The van der Waals surface area contributed by atoms with E-state index in [9.17, 15) is 9.18 Å². The van der Waals surface area contributed by atoms with Gasteiger partial charge in [-0.3, -0.25) is 0 Å². The first-order chi connectivity index (χ1) is 9.13. The molecule has 3 nitrogen and oxygen atoms in total. The van der Waals surface area contributed by atoms with Crippen LogP contribution in [0, 0.1) is 5.82 Å². The Hall–Kier alpha value is -1.80. The van der Waals surface area contributed by atoms with Gasteiger partial charge in [-0.1, -0.05) is 0 Å². The number of halogens is 1. The molecule has 1 aromatic heterocycles. The van der Waals surface area contributed by atoms with Crippen LogP contribution in [0.1, 0.15) is 11.1 Å². The summed E-state index contributed by atoms with van der Waals surface area (Å²) < 4.78 is 13.9. The van der Waals surface area contributed by atoms with E-state index in [1.54, 1.807) is 12.1 Å². The van der Waals surface area contributed by atoms with Gasteiger partial charge in [-0.2, -0.15) is 0 Å². The van der Waals surface area contributed by atoms with Gasteiger partial charge in [0.05, 0.1) is 0 Å². The number of rotatable bonds is 2. The molecule has 0 saturated heterocycles. The quantitative estimate of drug-likeness (QED) is 0.690. The van der Waals surface area contributed by atoms with Crippen molar-refractivity contribution in [2.24, 2.45) is 0 Å². The molecule has 94 valence electrons. The number of aromatic amines is 2. The van der Waals surface area contributed by atoms with Gasteiger partial charge < -0.3 is 0 Å². The van der Waals surface area contributed by atoms with Crippen molar-refractivity contribution < 1.29 is 4.39 Å². The van der Waals surface area contributed by atoms with E-state index in [1.807, 2.05) is 12.1 Å². The third-order valence-corrected chi connectivity index (χ3v) is 3.96. The minimum atomic E-state index is -0.235. The Balaban J connectivity index is 2.02. The predicted octanol–water partition coefficient (Wildman–Crippen LogP) is 1.38. The van der Waals surface area contributed by atoms with Crippen LogP contribution >= 0.6 is 0 Å². The summed E-state index contributed by atoms with van der Waals surface area (Å²) in [6.07, 6.45) is 0.702. The third kappa shape index (κ3) is 2.36. The van der Waals surface area contributed by atoms with Crippen LogP contribution in [0.25, 0.3) is 10.9 Å². The van der Waals surface area contributed by atoms with Crippen molar-refractivity contribution in [1.82, 2.24) is 10.2 Å². The number of fused-ring (bicyclic) bond motifs is 1. The van der Waals surface area contributed by atoms with E-state index in [2.05, 4.69) is 27.1 Å². The van der Waals surface area contributed by atoms with Crippen molar-refractivity contribution in [3.8, 4) is 0 Å². The van der Waals surface area contributed by atoms with Crippen molar-refractivity contribution >= 4 is 32.1 Å². The molecular formula is C14H10AsFN2O. The SMILES string of the molecule is O=c1[nH][nH]c2cc(Cc3ccc(F)cc3)c([As])cc12. The topological polar surface area (TPSA) is 48.6 Å². The van der Waals surface area contributed by atoms with Crippen LogP contribution < -0.4 is 9.91 Å². The number of H-pyrrole nitrogens is 2. The molecule has 0 fully saturated rings. The average molecular weight is 316 g/mol. The summed E-state index contributed by atoms with van der Waals surface area (Å²) >= 11 is 2.47. The molecule has 19 heavy (non-hydrogen) atoms. The van der Waals surface area contributed by atoms with Crippen LogP contribution in [0.4, 0.5) is 4.39 Å². The van der Waals surface area contributed by atoms with Crippen molar-refractivity contribution in [1.29, 1.82) is 0 Å². The summed E-state index contributed by atoms with van der Waals surface area (Å²) in [6.45, 7) is 0. The molecule has 0 spiro atoms. The van der Waals surface area contributed by atoms with E-state index in [0.717, 1.165) is 21.0 Å². The van der Waals surface area contributed by atoms with Crippen molar-refractivity contribution in [3.63, 3.8) is 0 Å². The molecule has 1 heterocycles. The van der Waals surface area contributed by atoms with E-state index in [1.165, 1.54) is 12.1 Å². The molecule has 0 aliphatic rings. The molecule has 2 aromatic carbocycles. The van der Waals surface area contributed by atoms with Gasteiger partial charge in [0.2, 0.25) is 0 Å². The molecule has 2 radical (unpaired) electrons. The summed E-state index contributed by atoms with van der Waals surface area (Å²) in [7, 11) is 0. The van der Waals surface area contributed by atoms with Gasteiger partial charge in [-0.05, 0) is 0 Å². The number of hydrogen-bond acceptors (Lipinski definition) is 1. The van der Waals surface area contributed by atoms with E-state index in [4.69, 9.17) is 0 Å². The van der Waals surface area contributed by atoms with Crippen molar-refractivity contribution in [2.45, 2.75) is 6.42 Å². The Labute approximate surface area is 117 Å². The fourth-order valence-corrected chi connectivity index (χ4v) is 2.65. The summed E-state index contributed by atoms with van der Waals surface area (Å²) in [5, 5.41) is 6.06. The summed E-state index contributed by atoms with van der Waals surface area (Å²) in [4.78, 5) is 11.5. The molecule has 0 bridgehead atoms. The first-order valence-corrected chi connectivity index (χ1v) is 6.74. The van der Waals surface area contributed by atoms with Crippen molar-refractivity contribution in [3.05, 3.63) is 63.7 Å². The fraction of sp³-hybridized carbons (Fsp3) is 0.0714. The minimum absolute atomic E-state index is 0.115. The maximum absolute atomic E-state index is 12.9. The van der Waals surface area contributed by atoms with E-state index >= 15 is 0 Å². The number of benzene rings is 2. The summed E-state index contributed by atoms with van der Waals surface area (Å²) in [6, 6.07) is 10.2. The average Bonchev–Trinajstić information content (AvgIpc) is 2.74. The molecule has 0 amide bonds. The predicted molar refractivity (Wildman–Crippen MR) is 73.5 cm³/mol. The second-order valence-corrected chi connectivity index (χ2v) is 5.42. The van der Waals surface area contributed by atoms with Crippen LogP contribution in [-0.2, 0) is 6.42 Å². The molecule has 0 aliphatic heterocycles. The van der Waals surface area contributed by atoms with Crippen molar-refractivity contribution in [2.75, 3.05) is 0 Å². The zero-order valence-corrected chi connectivity index (χ0v) is 11.8. The van der Waals surface area contributed by atoms with Gasteiger partial charge in [-0.25, -0.2) is 0 Å². The van der Waals surface area contributed by atoms with Crippen LogP contribution in [-0.4, -0.2) is 27.1 Å². The molecule has 0 atom stereocenters. The number of hydrogen-bond donors (Lipinski definition) is 2. The van der Waals surface area contributed by atoms with Gasteiger partial charge in [0.15, 0.2) is 0 Å². The molecule has 2 N–H and O–H groups in total. The van der Waals surface area contributed by atoms with Crippen LogP contribution in [0.2, 0.25) is 0 Å². The number of aromatic nitrogens is 2. The zero-order valence-electron chi connectivity index (χ0n) is 9.90. The molecule has 3 aromatic rings. The molecular weight excluding hydrogens is 306 g/mol. The van der Waals surface area contributed by atoms with Gasteiger partial charge in [0.25, 0.3) is 0 Å². The fourth-order valence-electron chi connectivity index (χ4n) is 2.08. The Morgan fingerprint density at radius 2 is 1.84 bits per heavy atom. The zero-order chi connectivity index (χ0) is 13.4. The van der Waals surface area contributed by atoms with Gasteiger partial charge in [-0.15, -0.1) is 0 Å². The third-order valence-electron chi connectivity index (χ3n) is 3.08. The summed E-state index contributed by atoms with van der Waals surface area (Å²) in [5.74, 6) is -0.235. The standard InChI is InChI=1S/C14H10AsFN2O/c15-12-7-11-13(17-18-14(11)19)6-9(12)5-8-1-3-10(16)4-2-8/h1-4,6-7H,5H2,(H2,17,18,19). The van der Waals surface area contributed by atoms with Gasteiger partial charge >= 0.3 is 117 Å². The second-order valence-electron chi connectivity index (χ2n) is 4.41. The number of nitrogens with one attached hydrogen (secondary N) is 2. The van der Waals surface area contributed by atoms with Crippen LogP contribution in [0.5, 0.6) is 0 Å². The first kappa shape index (κ1) is 12.2. The van der Waals surface area contributed by atoms with Crippen LogP contribution in [0.3, 0.4) is 0 Å². The normalized spacial score (nSPS) is 11.1. The monoisotopic (exact) mass is 316 g/mol. The first-order valence-electron chi connectivity index (χ1n) is 5.80. The Morgan fingerprint density at radius 3 is 2.58 bits per heavy atom. The van der Waals surface area contributed by atoms with Crippen LogP contribution in [0.15, 0.2) is 41.2 Å². The molecule has 5 heteroatoms. The van der Waals surface area contributed by atoms with Gasteiger partial charge in [0, 0.05) is 0 Å². The maximum atomic E-state index is 12.9.